The van der Waals surface area contributed by atoms with E-state index in [0.29, 0.717) is 30.3 Å². The average Bonchev–Trinajstić information content (AvgIpc) is 2.88. The van der Waals surface area contributed by atoms with Gasteiger partial charge >= 0.3 is 0 Å². The smallest absolute Gasteiger partial charge is 0.254 e. The first-order chi connectivity index (χ1) is 16.1. The quantitative estimate of drug-likeness (QED) is 0.641. The second-order valence-electron chi connectivity index (χ2n) is 8.57. The van der Waals surface area contributed by atoms with Crippen molar-refractivity contribution < 1.29 is 23.8 Å². The highest BCUT2D eigenvalue weighted by molar-refractivity contribution is 5.94. The monoisotopic (exact) mass is 453 g/mol. The standard InChI is InChI=1S/C25H31N3O5/c1-31-22-16-20(10-11-26-22)24(30)28-14-15-33-25(18-28,19-32-21-8-4-2-5-9-21)17-23(29)27-12-6-3-7-13-27/h2,4-5,8-11,16H,3,6-7,12-15,17-19H2,1H3. The molecule has 1 atom stereocenters. The molecule has 0 saturated carbocycles. The van der Waals surface area contributed by atoms with Crippen LogP contribution in [0.2, 0.25) is 0 Å². The molecule has 176 valence electrons. The molecule has 1 aromatic heterocycles. The van der Waals surface area contributed by atoms with E-state index in [1.54, 1.807) is 23.2 Å². The normalized spacial score (nSPS) is 20.9. The van der Waals surface area contributed by atoms with Gasteiger partial charge in [-0.2, -0.15) is 0 Å². The van der Waals surface area contributed by atoms with Crippen molar-refractivity contribution in [3.63, 3.8) is 0 Å². The Morgan fingerprint density at radius 3 is 2.61 bits per heavy atom. The number of hydrogen-bond acceptors (Lipinski definition) is 6. The van der Waals surface area contributed by atoms with Crippen LogP contribution in [-0.4, -0.2) is 78.7 Å². The summed E-state index contributed by atoms with van der Waals surface area (Å²) in [5.41, 5.74) is -0.431. The summed E-state index contributed by atoms with van der Waals surface area (Å²) in [6.07, 6.45) is 4.92. The molecule has 1 unspecified atom stereocenters. The number of methoxy groups -OCH3 is 1. The van der Waals surface area contributed by atoms with Crippen LogP contribution in [0.15, 0.2) is 48.7 Å². The predicted molar refractivity (Wildman–Crippen MR) is 122 cm³/mol. The van der Waals surface area contributed by atoms with E-state index in [2.05, 4.69) is 4.98 Å². The molecule has 0 radical (unpaired) electrons. The Morgan fingerprint density at radius 1 is 1.06 bits per heavy atom. The molecule has 2 amide bonds. The number of rotatable bonds is 7. The molecular formula is C25H31N3O5. The summed E-state index contributed by atoms with van der Waals surface area (Å²) < 4.78 is 17.4. The second-order valence-corrected chi connectivity index (χ2v) is 8.57. The molecule has 3 heterocycles. The number of carbonyl (C=O) groups is 2. The number of hydrogen-bond donors (Lipinski definition) is 0. The van der Waals surface area contributed by atoms with Gasteiger partial charge in [-0.05, 0) is 37.5 Å². The number of benzene rings is 1. The van der Waals surface area contributed by atoms with Crippen molar-refractivity contribution in [2.45, 2.75) is 31.3 Å². The van der Waals surface area contributed by atoms with Gasteiger partial charge in [-0.25, -0.2) is 4.98 Å². The van der Waals surface area contributed by atoms with Gasteiger partial charge in [0.25, 0.3) is 5.91 Å². The summed E-state index contributed by atoms with van der Waals surface area (Å²) in [6, 6.07) is 12.7. The predicted octanol–water partition coefficient (Wildman–Crippen LogP) is 2.78. The maximum atomic E-state index is 13.3. The Hall–Kier alpha value is -3.13. The van der Waals surface area contributed by atoms with Gasteiger partial charge in [0.05, 0.1) is 26.7 Å². The zero-order valence-electron chi connectivity index (χ0n) is 19.1. The summed E-state index contributed by atoms with van der Waals surface area (Å²) in [4.78, 5) is 34.2. The lowest BCUT2D eigenvalue weighted by molar-refractivity contribution is -0.153. The maximum Gasteiger partial charge on any atom is 0.254 e. The van der Waals surface area contributed by atoms with Crippen LogP contribution >= 0.6 is 0 Å². The van der Waals surface area contributed by atoms with E-state index in [-0.39, 0.29) is 31.4 Å². The molecule has 0 bridgehead atoms. The topological polar surface area (TPSA) is 81.2 Å². The number of para-hydroxylation sites is 1. The lowest BCUT2D eigenvalue weighted by Crippen LogP contribution is -2.58. The zero-order valence-corrected chi connectivity index (χ0v) is 19.1. The van der Waals surface area contributed by atoms with E-state index in [1.807, 2.05) is 35.2 Å². The fourth-order valence-electron chi connectivity index (χ4n) is 4.36. The fourth-order valence-corrected chi connectivity index (χ4v) is 4.36. The Balaban J connectivity index is 1.53. The van der Waals surface area contributed by atoms with Gasteiger partial charge < -0.3 is 24.0 Å². The van der Waals surface area contributed by atoms with Gasteiger partial charge in [-0.15, -0.1) is 0 Å². The minimum Gasteiger partial charge on any atom is -0.490 e. The van der Waals surface area contributed by atoms with Crippen LogP contribution < -0.4 is 9.47 Å². The Kier molecular flexibility index (Phi) is 7.44. The van der Waals surface area contributed by atoms with Gasteiger partial charge in [-0.3, -0.25) is 9.59 Å². The number of pyridine rings is 1. The van der Waals surface area contributed by atoms with Crippen LogP contribution in [-0.2, 0) is 9.53 Å². The molecule has 2 aliphatic heterocycles. The highest BCUT2D eigenvalue weighted by Gasteiger charge is 2.42. The molecule has 8 heteroatoms. The molecule has 2 aromatic rings. The molecule has 33 heavy (non-hydrogen) atoms. The first-order valence-electron chi connectivity index (χ1n) is 11.5. The number of piperidine rings is 1. The SMILES string of the molecule is COc1cc(C(=O)N2CCOC(COc3ccccc3)(CC(=O)N3CCCCC3)C2)ccn1. The van der Waals surface area contributed by atoms with E-state index in [0.717, 1.165) is 32.4 Å². The molecule has 2 saturated heterocycles. The molecule has 2 aliphatic rings. The lowest BCUT2D eigenvalue weighted by Gasteiger charge is -2.43. The minimum atomic E-state index is -0.921. The van der Waals surface area contributed by atoms with Crippen LogP contribution in [0.25, 0.3) is 0 Å². The fraction of sp³-hybridized carbons (Fsp3) is 0.480. The van der Waals surface area contributed by atoms with Crippen LogP contribution in [0.5, 0.6) is 11.6 Å². The number of carbonyl (C=O) groups excluding carboxylic acids is 2. The van der Waals surface area contributed by atoms with Crippen molar-refractivity contribution in [1.82, 2.24) is 14.8 Å². The largest absolute Gasteiger partial charge is 0.490 e. The van der Waals surface area contributed by atoms with Crippen LogP contribution in [0.1, 0.15) is 36.0 Å². The second kappa shape index (κ2) is 10.7. The number of aromatic nitrogens is 1. The molecule has 0 spiro atoms. The third-order valence-electron chi connectivity index (χ3n) is 6.15. The minimum absolute atomic E-state index is 0.0474. The first-order valence-corrected chi connectivity index (χ1v) is 11.5. The molecule has 8 nitrogen and oxygen atoms in total. The van der Waals surface area contributed by atoms with Crippen LogP contribution in [0.4, 0.5) is 0 Å². The van der Waals surface area contributed by atoms with Crippen molar-refractivity contribution in [3.8, 4) is 11.6 Å². The number of likely N-dealkylation sites (tertiary alicyclic amines) is 1. The van der Waals surface area contributed by atoms with E-state index in [9.17, 15) is 9.59 Å². The van der Waals surface area contributed by atoms with Gasteiger partial charge in [0.1, 0.15) is 18.0 Å². The van der Waals surface area contributed by atoms with Crippen LogP contribution in [0, 0.1) is 0 Å². The van der Waals surface area contributed by atoms with Gasteiger partial charge in [0.2, 0.25) is 11.8 Å². The molecule has 0 aliphatic carbocycles. The Bertz CT molecular complexity index is 948. The maximum absolute atomic E-state index is 13.3. The van der Waals surface area contributed by atoms with Crippen molar-refractivity contribution >= 4 is 11.8 Å². The van der Waals surface area contributed by atoms with Crippen molar-refractivity contribution in [3.05, 3.63) is 54.2 Å². The van der Waals surface area contributed by atoms with E-state index in [4.69, 9.17) is 14.2 Å². The van der Waals surface area contributed by atoms with E-state index >= 15 is 0 Å². The van der Waals surface area contributed by atoms with Crippen molar-refractivity contribution in [2.24, 2.45) is 0 Å². The molecular weight excluding hydrogens is 422 g/mol. The number of nitrogens with zero attached hydrogens (tertiary/aromatic N) is 3. The first kappa shape index (κ1) is 23.0. The van der Waals surface area contributed by atoms with Crippen LogP contribution in [0.3, 0.4) is 0 Å². The van der Waals surface area contributed by atoms with Crippen molar-refractivity contribution in [1.29, 1.82) is 0 Å². The summed E-state index contributed by atoms with van der Waals surface area (Å²) in [7, 11) is 1.52. The Labute approximate surface area is 194 Å². The zero-order chi connectivity index (χ0) is 23.1. The highest BCUT2D eigenvalue weighted by atomic mass is 16.5. The molecule has 0 N–H and O–H groups in total. The van der Waals surface area contributed by atoms with Gasteiger partial charge in [-0.1, -0.05) is 18.2 Å². The Morgan fingerprint density at radius 2 is 1.85 bits per heavy atom. The van der Waals surface area contributed by atoms with Crippen molar-refractivity contribution in [2.75, 3.05) is 46.5 Å². The number of ether oxygens (including phenoxy) is 3. The molecule has 4 rings (SSSR count). The summed E-state index contributed by atoms with van der Waals surface area (Å²) in [5.74, 6) is 0.987. The average molecular weight is 454 g/mol. The third-order valence-corrected chi connectivity index (χ3v) is 6.15. The summed E-state index contributed by atoms with van der Waals surface area (Å²) in [6.45, 7) is 2.76. The summed E-state index contributed by atoms with van der Waals surface area (Å²) in [5, 5.41) is 0. The third kappa shape index (κ3) is 5.82. The van der Waals surface area contributed by atoms with E-state index in [1.165, 1.54) is 7.11 Å². The number of amides is 2. The molecule has 2 fully saturated rings. The van der Waals surface area contributed by atoms with Gasteiger partial charge in [0, 0.05) is 37.5 Å². The molecule has 1 aromatic carbocycles. The number of morpholine rings is 1. The highest BCUT2D eigenvalue weighted by Crippen LogP contribution is 2.27. The van der Waals surface area contributed by atoms with E-state index < -0.39 is 5.60 Å². The van der Waals surface area contributed by atoms with Gasteiger partial charge in [0.15, 0.2) is 0 Å². The summed E-state index contributed by atoms with van der Waals surface area (Å²) >= 11 is 0. The lowest BCUT2D eigenvalue weighted by atomic mass is 9.95.